The fraction of sp³-hybridized carbons (Fsp3) is 0.169. The summed E-state index contributed by atoms with van der Waals surface area (Å²) >= 11 is 1.86. The van der Waals surface area contributed by atoms with E-state index in [9.17, 15) is 4.79 Å². The molecule has 11 aromatic rings. The number of carboxylic acid groups (broad SMARTS) is 1. The molecule has 0 saturated carbocycles. The van der Waals surface area contributed by atoms with E-state index in [1.54, 1.807) is 12.1 Å². The van der Waals surface area contributed by atoms with Crippen molar-refractivity contribution in [1.82, 2.24) is 15.0 Å². The number of fused-ring (bicyclic) bond motifs is 6. The fourth-order valence-corrected chi connectivity index (χ4v) is 10.5. The molecule has 0 saturated heterocycles. The van der Waals surface area contributed by atoms with E-state index >= 15 is 0 Å². The number of benzene rings is 7. The Morgan fingerprint density at radius 2 is 1.22 bits per heavy atom. The second kappa shape index (κ2) is 21.7. The minimum Gasteiger partial charge on any atom is -0.477 e. The van der Waals surface area contributed by atoms with Gasteiger partial charge in [-0.3, -0.25) is 4.98 Å². The average Bonchev–Trinajstić information content (AvgIpc) is 3.75. The maximum absolute atomic E-state index is 10.1. The number of aryl methyl sites for hydroxylation is 2. The number of carbonyl (C=O) groups is 1. The summed E-state index contributed by atoms with van der Waals surface area (Å²) in [5.41, 5.74) is 14.4. The summed E-state index contributed by atoms with van der Waals surface area (Å²) in [6.45, 7) is 17.9. The van der Waals surface area contributed by atoms with Gasteiger partial charge in [0.25, 0.3) is 0 Å². The summed E-state index contributed by atoms with van der Waals surface area (Å²) in [5, 5.41) is 16.0. The first kappa shape index (κ1) is 51.2. The summed E-state index contributed by atoms with van der Waals surface area (Å²) in [6.07, 6.45) is 6.37. The minimum atomic E-state index is -0.990. The first-order chi connectivity index (χ1) is 34.1. The number of aromatic carboxylic acids is 1. The predicted molar refractivity (Wildman–Crippen MR) is 298 cm³/mol. The Labute approximate surface area is 441 Å². The van der Waals surface area contributed by atoms with Crippen molar-refractivity contribution in [2.75, 3.05) is 0 Å². The maximum atomic E-state index is 10.1. The zero-order valence-electron chi connectivity index (χ0n) is 42.0. The third-order valence-corrected chi connectivity index (χ3v) is 13.7. The number of aromatic nitrogens is 3. The summed E-state index contributed by atoms with van der Waals surface area (Å²) in [6, 6.07) is 64.1. The van der Waals surface area contributed by atoms with Crippen LogP contribution in [0.5, 0.6) is 0 Å². The van der Waals surface area contributed by atoms with Crippen LogP contribution in [0.15, 0.2) is 182 Å². The van der Waals surface area contributed by atoms with Gasteiger partial charge in [0.05, 0.1) is 0 Å². The number of pyridine rings is 3. The molecule has 7 aromatic carbocycles. The van der Waals surface area contributed by atoms with Crippen LogP contribution in [-0.4, -0.2) is 26.0 Å². The SMILES string of the molecule is CC(C)(C)c1cc(-c2cc(-c3ccc(-c4ccccc4)cc3)ccn2)[c-]c2ccccc12.Cc1[c-]c(-c2nccc3c2sc2c4ccc(CC(C)(C)C)cc4ccc32)cc(C)c1.O=C(O)c1ccccn1.[Ir]. The van der Waals surface area contributed by atoms with Crippen molar-refractivity contribution in [2.24, 2.45) is 5.41 Å². The molecular weight excluding hydrogens is 1080 g/mol. The standard InChI is InChI=1S/C31H26N.C28H26NS.C6H5NO2.Ir/c1-31(2,3)29-20-27(19-26-11-7-8-12-28(26)29)30-21-25(17-18-32-30)24-15-13-23(14-16-24)22-9-5-4-6-10-22;1-17-12-18(2)14-21(13-17)25-27-24(10-11-29-25)23-9-7-20-15-19(16-28(3,4)5)6-8-22(20)26(23)30-27;8-6(9)5-3-1-2-4-7-5;/h4-18,20-21H,1-3H3;6-13,15H,16H2,1-5H3;1-4H,(H,8,9);/q2*-1;;. The van der Waals surface area contributed by atoms with Crippen molar-refractivity contribution < 1.29 is 30.0 Å². The molecule has 0 spiro atoms. The number of nitrogens with zero attached hydrogens (tertiary/aromatic N) is 3. The van der Waals surface area contributed by atoms with E-state index in [1.165, 1.54) is 82.0 Å². The number of carboxylic acids is 1. The first-order valence-corrected chi connectivity index (χ1v) is 24.9. The Bertz CT molecular complexity index is 3670. The normalized spacial score (nSPS) is 11.4. The van der Waals surface area contributed by atoms with Crippen LogP contribution in [0.25, 0.3) is 86.5 Å². The Hall–Kier alpha value is -7.15. The van der Waals surface area contributed by atoms with E-state index in [2.05, 4.69) is 212 Å². The van der Waals surface area contributed by atoms with Gasteiger partial charge in [0, 0.05) is 64.9 Å². The first-order valence-electron chi connectivity index (χ1n) is 24.0. The molecule has 0 unspecified atom stereocenters. The molecule has 0 aliphatic heterocycles. The molecule has 0 fully saturated rings. The van der Waals surface area contributed by atoms with Crippen LogP contribution >= 0.6 is 11.3 Å². The van der Waals surface area contributed by atoms with Crippen molar-refractivity contribution in [3.8, 4) is 44.8 Å². The van der Waals surface area contributed by atoms with Crippen LogP contribution in [0, 0.1) is 31.4 Å². The van der Waals surface area contributed by atoms with Gasteiger partial charge in [0.2, 0.25) is 0 Å². The molecule has 0 amide bonds. The smallest absolute Gasteiger partial charge is 0.354 e. The van der Waals surface area contributed by atoms with Crippen molar-refractivity contribution in [3.63, 3.8) is 0 Å². The molecule has 4 aromatic heterocycles. The van der Waals surface area contributed by atoms with E-state index in [-0.39, 0.29) is 31.2 Å². The van der Waals surface area contributed by atoms with Crippen molar-refractivity contribution in [1.29, 1.82) is 0 Å². The average molecular weight is 1140 g/mol. The fourth-order valence-electron chi connectivity index (χ4n) is 9.20. The molecule has 4 heterocycles. The van der Waals surface area contributed by atoms with Gasteiger partial charge in [0.1, 0.15) is 5.69 Å². The van der Waals surface area contributed by atoms with Crippen molar-refractivity contribution in [3.05, 3.63) is 222 Å². The molecule has 0 bridgehead atoms. The number of thiophene rings is 1. The monoisotopic (exact) mass is 1140 g/mol. The number of rotatable bonds is 6. The molecule has 11 rings (SSSR count). The molecule has 361 valence electrons. The quantitative estimate of drug-likeness (QED) is 0.168. The second-order valence-corrected chi connectivity index (χ2v) is 21.4. The van der Waals surface area contributed by atoms with Gasteiger partial charge in [-0.15, -0.1) is 75.4 Å². The molecule has 5 nitrogen and oxygen atoms in total. The summed E-state index contributed by atoms with van der Waals surface area (Å²) < 4.78 is 2.60. The Balaban J connectivity index is 0.000000163. The number of hydrogen-bond donors (Lipinski definition) is 1. The molecule has 0 atom stereocenters. The van der Waals surface area contributed by atoms with E-state index in [1.807, 2.05) is 29.8 Å². The van der Waals surface area contributed by atoms with Gasteiger partial charge >= 0.3 is 5.97 Å². The van der Waals surface area contributed by atoms with E-state index in [4.69, 9.17) is 15.1 Å². The van der Waals surface area contributed by atoms with Gasteiger partial charge in [-0.2, -0.15) is 0 Å². The third-order valence-electron chi connectivity index (χ3n) is 12.4. The summed E-state index contributed by atoms with van der Waals surface area (Å²) in [5.74, 6) is -0.990. The zero-order valence-corrected chi connectivity index (χ0v) is 45.2. The minimum absolute atomic E-state index is 0. The van der Waals surface area contributed by atoms with Gasteiger partial charge in [-0.1, -0.05) is 182 Å². The van der Waals surface area contributed by atoms with Crippen LogP contribution in [-0.2, 0) is 31.9 Å². The Morgan fingerprint density at radius 3 is 1.90 bits per heavy atom. The van der Waals surface area contributed by atoms with E-state index < -0.39 is 5.97 Å². The third kappa shape index (κ3) is 11.8. The molecule has 72 heavy (non-hydrogen) atoms. The van der Waals surface area contributed by atoms with Crippen LogP contribution in [0.4, 0.5) is 0 Å². The summed E-state index contributed by atoms with van der Waals surface area (Å²) in [7, 11) is 0. The molecule has 1 N–H and O–H groups in total. The van der Waals surface area contributed by atoms with Crippen LogP contribution in [0.1, 0.15) is 74.3 Å². The molecule has 0 aliphatic carbocycles. The molecule has 0 aliphatic rings. The van der Waals surface area contributed by atoms with E-state index in [0.717, 1.165) is 45.4 Å². The van der Waals surface area contributed by atoms with Crippen molar-refractivity contribution >= 4 is 59.0 Å². The second-order valence-electron chi connectivity index (χ2n) is 20.4. The van der Waals surface area contributed by atoms with E-state index in [0.29, 0.717) is 5.41 Å². The van der Waals surface area contributed by atoms with Crippen molar-refractivity contribution in [2.45, 2.75) is 67.2 Å². The van der Waals surface area contributed by atoms with Gasteiger partial charge in [-0.05, 0) is 85.5 Å². The molecular formula is C65H57IrN3O2S-2. The topological polar surface area (TPSA) is 76.0 Å². The largest absolute Gasteiger partial charge is 0.477 e. The van der Waals surface area contributed by atoms with Gasteiger partial charge in [0.15, 0.2) is 0 Å². The van der Waals surface area contributed by atoms with Gasteiger partial charge < -0.3 is 10.1 Å². The van der Waals surface area contributed by atoms with Gasteiger partial charge in [-0.25, -0.2) is 9.78 Å². The Kier molecular flexibility index (Phi) is 15.4. The summed E-state index contributed by atoms with van der Waals surface area (Å²) in [4.78, 5) is 23.2. The number of hydrogen-bond acceptors (Lipinski definition) is 5. The molecule has 7 heteroatoms. The van der Waals surface area contributed by atoms with Crippen LogP contribution < -0.4 is 0 Å². The Morgan fingerprint density at radius 1 is 0.556 bits per heavy atom. The van der Waals surface area contributed by atoms with Crippen LogP contribution in [0.3, 0.4) is 0 Å². The van der Waals surface area contributed by atoms with Crippen LogP contribution in [0.2, 0.25) is 0 Å². The zero-order chi connectivity index (χ0) is 49.9. The predicted octanol–water partition coefficient (Wildman–Crippen LogP) is 17.4. The maximum Gasteiger partial charge on any atom is 0.354 e. The molecule has 1 radical (unpaired) electrons.